The molecule has 2 aromatic heterocycles. The predicted octanol–water partition coefficient (Wildman–Crippen LogP) is 5.33. The highest BCUT2D eigenvalue weighted by Crippen LogP contribution is 2.32. The normalized spacial score (nSPS) is 11.7. The van der Waals surface area contributed by atoms with E-state index >= 15 is 0 Å². The van der Waals surface area contributed by atoms with E-state index in [0.717, 1.165) is 22.7 Å². The third-order valence-electron chi connectivity index (χ3n) is 4.37. The van der Waals surface area contributed by atoms with Crippen LogP contribution in [0.15, 0.2) is 46.8 Å². The number of para-hydroxylation sites is 1. The van der Waals surface area contributed by atoms with Gasteiger partial charge in [-0.2, -0.15) is 5.26 Å². The van der Waals surface area contributed by atoms with Crippen LogP contribution in [0.2, 0.25) is 0 Å². The zero-order valence-electron chi connectivity index (χ0n) is 17.2. The van der Waals surface area contributed by atoms with Gasteiger partial charge in [0.05, 0.1) is 23.6 Å². The van der Waals surface area contributed by atoms with Gasteiger partial charge < -0.3 is 10.1 Å². The molecular weight excluding hydrogens is 416 g/mol. The highest BCUT2D eigenvalue weighted by Gasteiger charge is 2.20. The molecule has 0 aliphatic rings. The number of methoxy groups -OCH3 is 1. The molecule has 0 radical (unpaired) electrons. The first-order valence-electron chi connectivity index (χ1n) is 9.40. The van der Waals surface area contributed by atoms with Crippen LogP contribution in [0.25, 0.3) is 11.3 Å². The van der Waals surface area contributed by atoms with Crippen LogP contribution in [-0.2, 0) is 4.79 Å². The number of anilines is 1. The van der Waals surface area contributed by atoms with E-state index in [0.29, 0.717) is 15.7 Å². The Morgan fingerprint density at radius 3 is 2.67 bits per heavy atom. The molecule has 1 amide bonds. The van der Waals surface area contributed by atoms with Crippen molar-refractivity contribution < 1.29 is 9.53 Å². The van der Waals surface area contributed by atoms with Gasteiger partial charge in [0.2, 0.25) is 5.91 Å². The van der Waals surface area contributed by atoms with Crippen LogP contribution in [0.3, 0.4) is 0 Å². The van der Waals surface area contributed by atoms with E-state index in [-0.39, 0.29) is 11.8 Å². The number of aromatic nitrogens is 2. The number of thiazole rings is 1. The summed E-state index contributed by atoms with van der Waals surface area (Å²) in [4.78, 5) is 21.8. The van der Waals surface area contributed by atoms with Crippen molar-refractivity contribution in [3.63, 3.8) is 0 Å². The van der Waals surface area contributed by atoms with Crippen molar-refractivity contribution in [1.82, 2.24) is 9.97 Å². The number of nitrogens with zero attached hydrogens (tertiary/aromatic N) is 3. The molecule has 3 aromatic rings. The second-order valence-corrected chi connectivity index (χ2v) is 9.03. The summed E-state index contributed by atoms with van der Waals surface area (Å²) in [5.74, 6) is 0.774. The van der Waals surface area contributed by atoms with Gasteiger partial charge in [-0.05, 0) is 37.1 Å². The third kappa shape index (κ3) is 4.99. The monoisotopic (exact) mass is 438 g/mol. The Morgan fingerprint density at radius 2 is 1.97 bits per heavy atom. The summed E-state index contributed by atoms with van der Waals surface area (Å²) >= 11 is 2.63. The Hall–Kier alpha value is -2.89. The molecule has 30 heavy (non-hydrogen) atoms. The summed E-state index contributed by atoms with van der Waals surface area (Å²) in [6, 6.07) is 13.4. The van der Waals surface area contributed by atoms with Gasteiger partial charge in [-0.3, -0.25) is 4.79 Å². The molecule has 0 spiro atoms. The van der Waals surface area contributed by atoms with E-state index in [2.05, 4.69) is 21.4 Å². The van der Waals surface area contributed by atoms with Gasteiger partial charge in [-0.15, -0.1) is 11.3 Å². The first-order chi connectivity index (χ1) is 14.4. The average Bonchev–Trinajstić information content (AvgIpc) is 3.21. The van der Waals surface area contributed by atoms with Crippen LogP contribution in [0, 0.1) is 11.3 Å². The molecule has 1 aromatic carbocycles. The van der Waals surface area contributed by atoms with Gasteiger partial charge in [-0.25, -0.2) is 9.97 Å². The van der Waals surface area contributed by atoms with Gasteiger partial charge in [0, 0.05) is 16.6 Å². The number of benzene rings is 1. The van der Waals surface area contributed by atoms with Crippen LogP contribution in [0.5, 0.6) is 5.75 Å². The number of carbonyl (C=O) groups excluding carboxylic acids is 1. The van der Waals surface area contributed by atoms with Gasteiger partial charge in [-0.1, -0.05) is 37.7 Å². The lowest BCUT2D eigenvalue weighted by Crippen LogP contribution is -2.22. The van der Waals surface area contributed by atoms with E-state index in [1.807, 2.05) is 49.6 Å². The maximum atomic E-state index is 12.7. The second-order valence-electron chi connectivity index (χ2n) is 6.84. The van der Waals surface area contributed by atoms with Gasteiger partial charge in [0.1, 0.15) is 16.8 Å². The Labute approximate surface area is 184 Å². The van der Waals surface area contributed by atoms with Crippen molar-refractivity contribution in [1.29, 1.82) is 5.26 Å². The molecule has 1 atom stereocenters. The van der Waals surface area contributed by atoms with Crippen LogP contribution in [-0.4, -0.2) is 28.2 Å². The second kappa shape index (κ2) is 9.74. The fourth-order valence-corrected chi connectivity index (χ4v) is 4.30. The Bertz CT molecular complexity index is 1090. The van der Waals surface area contributed by atoms with E-state index in [1.54, 1.807) is 20.1 Å². The molecule has 0 bridgehead atoms. The first kappa shape index (κ1) is 21.8. The summed E-state index contributed by atoms with van der Waals surface area (Å²) in [5.41, 5.74) is 2.97. The Balaban J connectivity index is 1.72. The molecule has 6 nitrogen and oxygen atoms in total. The van der Waals surface area contributed by atoms with Crippen LogP contribution in [0.1, 0.15) is 37.9 Å². The van der Waals surface area contributed by atoms with Crippen molar-refractivity contribution in [2.24, 2.45) is 0 Å². The molecule has 2 heterocycles. The Morgan fingerprint density at radius 1 is 1.20 bits per heavy atom. The number of amides is 1. The van der Waals surface area contributed by atoms with E-state index in [4.69, 9.17) is 4.74 Å². The standard InChI is InChI=1S/C22H22N4O2S2/c1-13(2)17-10-9-15(11-23)21(24-17)30-14(3)20(27)26-22-25-18(12-29-22)16-7-5-6-8-19(16)28-4/h5-10,12-14H,1-4H3,(H,25,26,27). The van der Waals surface area contributed by atoms with Crippen LogP contribution < -0.4 is 10.1 Å². The topological polar surface area (TPSA) is 87.9 Å². The number of thioether (sulfide) groups is 1. The molecule has 0 aliphatic carbocycles. The summed E-state index contributed by atoms with van der Waals surface area (Å²) in [6.45, 7) is 5.88. The van der Waals surface area contributed by atoms with Gasteiger partial charge in [0.15, 0.2) is 5.13 Å². The van der Waals surface area contributed by atoms with Crippen molar-refractivity contribution in [3.05, 3.63) is 53.0 Å². The SMILES string of the molecule is COc1ccccc1-c1csc(NC(=O)C(C)Sc2nc(C(C)C)ccc2C#N)n1. The number of rotatable bonds is 7. The van der Waals surface area contributed by atoms with E-state index < -0.39 is 5.25 Å². The number of nitriles is 1. The quantitative estimate of drug-likeness (QED) is 0.502. The molecule has 0 fully saturated rings. The molecule has 0 saturated heterocycles. The number of ether oxygens (including phenoxy) is 1. The maximum absolute atomic E-state index is 12.7. The van der Waals surface area contributed by atoms with Crippen molar-refractivity contribution >= 4 is 34.1 Å². The molecule has 0 saturated carbocycles. The van der Waals surface area contributed by atoms with Crippen molar-refractivity contribution in [2.75, 3.05) is 12.4 Å². The minimum Gasteiger partial charge on any atom is -0.496 e. The molecule has 3 rings (SSSR count). The zero-order chi connectivity index (χ0) is 21.7. The van der Waals surface area contributed by atoms with Gasteiger partial charge >= 0.3 is 0 Å². The van der Waals surface area contributed by atoms with E-state index in [1.165, 1.54) is 23.1 Å². The number of carbonyl (C=O) groups is 1. The molecular formula is C22H22N4O2S2. The highest BCUT2D eigenvalue weighted by molar-refractivity contribution is 8.00. The number of pyridine rings is 1. The third-order valence-corrected chi connectivity index (χ3v) is 6.23. The summed E-state index contributed by atoms with van der Waals surface area (Å²) in [5, 5.41) is 14.8. The molecule has 1 N–H and O–H groups in total. The largest absolute Gasteiger partial charge is 0.496 e. The molecule has 154 valence electrons. The smallest absolute Gasteiger partial charge is 0.239 e. The van der Waals surface area contributed by atoms with Crippen LogP contribution in [0.4, 0.5) is 5.13 Å². The highest BCUT2D eigenvalue weighted by atomic mass is 32.2. The number of hydrogen-bond donors (Lipinski definition) is 1. The molecule has 0 aliphatic heterocycles. The van der Waals surface area contributed by atoms with Gasteiger partial charge in [0.25, 0.3) is 0 Å². The van der Waals surface area contributed by atoms with Crippen molar-refractivity contribution in [3.8, 4) is 23.1 Å². The molecule has 1 unspecified atom stereocenters. The lowest BCUT2D eigenvalue weighted by molar-refractivity contribution is -0.115. The summed E-state index contributed by atoms with van der Waals surface area (Å²) in [7, 11) is 1.62. The maximum Gasteiger partial charge on any atom is 0.239 e. The van der Waals surface area contributed by atoms with Crippen LogP contribution >= 0.6 is 23.1 Å². The lowest BCUT2D eigenvalue weighted by atomic mass is 10.1. The number of nitrogens with one attached hydrogen (secondary N) is 1. The minimum atomic E-state index is -0.439. The minimum absolute atomic E-state index is 0.193. The molecule has 8 heteroatoms. The fourth-order valence-electron chi connectivity index (χ4n) is 2.69. The van der Waals surface area contributed by atoms with E-state index in [9.17, 15) is 10.1 Å². The number of hydrogen-bond acceptors (Lipinski definition) is 7. The van der Waals surface area contributed by atoms with Crippen molar-refractivity contribution in [2.45, 2.75) is 37.0 Å². The summed E-state index contributed by atoms with van der Waals surface area (Å²) < 4.78 is 5.38. The zero-order valence-corrected chi connectivity index (χ0v) is 18.8. The summed E-state index contributed by atoms with van der Waals surface area (Å²) in [6.07, 6.45) is 0. The Kier molecular flexibility index (Phi) is 7.08. The predicted molar refractivity (Wildman–Crippen MR) is 121 cm³/mol. The lowest BCUT2D eigenvalue weighted by Gasteiger charge is -2.13. The first-order valence-corrected chi connectivity index (χ1v) is 11.2. The average molecular weight is 439 g/mol. The fraction of sp³-hybridized carbons (Fsp3) is 0.273.